The van der Waals surface area contributed by atoms with Crippen LogP contribution in [0.5, 0.6) is 0 Å². The first-order chi connectivity index (χ1) is 16.7. The van der Waals surface area contributed by atoms with E-state index in [1.165, 1.54) is 28.8 Å². The van der Waals surface area contributed by atoms with Gasteiger partial charge in [0, 0.05) is 12.7 Å². The number of amides is 3. The van der Waals surface area contributed by atoms with Crippen LogP contribution in [0.1, 0.15) is 70.7 Å². The molecular weight excluding hydrogens is 444 g/mol. The monoisotopic (exact) mass is 488 g/mol. The Kier molecular flexibility index (Phi) is 11.4. The summed E-state index contributed by atoms with van der Waals surface area (Å²) < 4.78 is 0. The van der Waals surface area contributed by atoms with E-state index >= 15 is 0 Å². The van der Waals surface area contributed by atoms with Crippen molar-refractivity contribution in [1.82, 2.24) is 25.0 Å². The van der Waals surface area contributed by atoms with Gasteiger partial charge in [0.1, 0.15) is 25.1 Å². The van der Waals surface area contributed by atoms with E-state index in [9.17, 15) is 14.4 Å². The van der Waals surface area contributed by atoms with Crippen LogP contribution in [0.2, 0.25) is 0 Å². The molecule has 0 saturated carbocycles. The van der Waals surface area contributed by atoms with Crippen LogP contribution in [-0.4, -0.2) is 82.8 Å². The third-order valence-electron chi connectivity index (χ3n) is 6.12. The molecule has 0 aromatic carbocycles. The molecule has 1 aromatic rings. The van der Waals surface area contributed by atoms with E-state index in [0.717, 1.165) is 31.8 Å². The maximum atomic E-state index is 12.9. The van der Waals surface area contributed by atoms with Crippen LogP contribution in [0.4, 0.5) is 5.82 Å². The largest absolute Gasteiger partial charge is 0.384 e. The van der Waals surface area contributed by atoms with Crippen molar-refractivity contribution in [3.05, 3.63) is 23.9 Å². The van der Waals surface area contributed by atoms with Gasteiger partial charge in [-0.2, -0.15) is 0 Å². The van der Waals surface area contributed by atoms with E-state index in [1.54, 1.807) is 12.1 Å². The lowest BCUT2D eigenvalue weighted by molar-refractivity contribution is -0.146. The first-order valence-electron chi connectivity index (χ1n) is 13.0. The minimum atomic E-state index is -0.415. The molecule has 0 radical (unpaired) electrons. The highest BCUT2D eigenvalue weighted by Gasteiger charge is 2.46. The van der Waals surface area contributed by atoms with Gasteiger partial charge in [0.2, 0.25) is 11.8 Å². The fraction of sp³-hybridized carbons (Fsp3) is 0.692. The molecule has 0 bridgehead atoms. The van der Waals surface area contributed by atoms with Crippen molar-refractivity contribution < 1.29 is 14.4 Å². The zero-order valence-corrected chi connectivity index (χ0v) is 22.1. The van der Waals surface area contributed by atoms with Gasteiger partial charge in [-0.15, -0.1) is 0 Å². The van der Waals surface area contributed by atoms with E-state index < -0.39 is 6.17 Å². The topological polar surface area (TPSA) is 112 Å². The molecule has 3 amide bonds. The highest BCUT2D eigenvalue weighted by atomic mass is 16.2. The SMILES string of the molecule is CC(C)C.CCCC.Nc1ccc(C(=O)N2CC(=O)N3CC(=O)N(CC4CCNCC4)CC32)cn1. The summed E-state index contributed by atoms with van der Waals surface area (Å²) in [6, 6.07) is 3.18. The number of rotatable bonds is 4. The molecule has 4 rings (SSSR count). The number of carbonyl (C=O) groups is 3. The lowest BCUT2D eigenvalue weighted by atomic mass is 9.97. The predicted octanol–water partition coefficient (Wildman–Crippen LogP) is 2.58. The van der Waals surface area contributed by atoms with Crippen molar-refractivity contribution >= 4 is 23.5 Å². The van der Waals surface area contributed by atoms with Gasteiger partial charge in [-0.05, 0) is 49.9 Å². The number of nitrogen functional groups attached to an aromatic ring is 1. The number of nitrogens with two attached hydrogens (primary N) is 1. The minimum absolute atomic E-state index is 0.0116. The number of hydrogen-bond acceptors (Lipinski definition) is 6. The van der Waals surface area contributed by atoms with Crippen LogP contribution in [-0.2, 0) is 9.59 Å². The Balaban J connectivity index is 0.000000473. The average molecular weight is 489 g/mol. The van der Waals surface area contributed by atoms with Crippen molar-refractivity contribution in [2.45, 2.75) is 66.5 Å². The molecule has 9 nitrogen and oxygen atoms in total. The van der Waals surface area contributed by atoms with E-state index in [4.69, 9.17) is 5.73 Å². The number of unbranched alkanes of at least 4 members (excludes halogenated alkanes) is 1. The number of fused-ring (bicyclic) bond motifs is 1. The fourth-order valence-corrected chi connectivity index (χ4v) is 4.07. The first-order valence-corrected chi connectivity index (χ1v) is 13.0. The van der Waals surface area contributed by atoms with Gasteiger partial charge < -0.3 is 25.8 Å². The van der Waals surface area contributed by atoms with E-state index in [2.05, 4.69) is 44.9 Å². The van der Waals surface area contributed by atoms with Gasteiger partial charge in [-0.25, -0.2) is 4.98 Å². The molecule has 3 aliphatic heterocycles. The molecule has 9 heteroatoms. The molecule has 3 saturated heterocycles. The van der Waals surface area contributed by atoms with Crippen molar-refractivity contribution in [2.75, 3.05) is 45.0 Å². The quantitative estimate of drug-likeness (QED) is 0.674. The maximum absolute atomic E-state index is 12.9. The third kappa shape index (κ3) is 8.49. The summed E-state index contributed by atoms with van der Waals surface area (Å²) in [5, 5.41) is 3.33. The second-order valence-corrected chi connectivity index (χ2v) is 10.1. The Bertz CT molecular complexity index is 818. The summed E-state index contributed by atoms with van der Waals surface area (Å²) in [4.78, 5) is 46.6. The zero-order chi connectivity index (χ0) is 26.0. The van der Waals surface area contributed by atoms with Gasteiger partial charge in [-0.1, -0.05) is 47.5 Å². The summed E-state index contributed by atoms with van der Waals surface area (Å²) in [6.07, 6.45) is 5.72. The summed E-state index contributed by atoms with van der Waals surface area (Å²) in [5.41, 5.74) is 5.97. The smallest absolute Gasteiger partial charge is 0.257 e. The van der Waals surface area contributed by atoms with E-state index in [1.807, 2.05) is 4.90 Å². The summed E-state index contributed by atoms with van der Waals surface area (Å²) in [6.45, 7) is 13.9. The Labute approximate surface area is 210 Å². The third-order valence-corrected chi connectivity index (χ3v) is 6.12. The van der Waals surface area contributed by atoms with Crippen LogP contribution in [0.3, 0.4) is 0 Å². The molecule has 4 heterocycles. The van der Waals surface area contributed by atoms with Gasteiger partial charge in [0.15, 0.2) is 0 Å². The van der Waals surface area contributed by atoms with E-state index in [-0.39, 0.29) is 30.8 Å². The first kappa shape index (κ1) is 28.6. The number of piperidine rings is 1. The van der Waals surface area contributed by atoms with Gasteiger partial charge >= 0.3 is 0 Å². The second-order valence-electron chi connectivity index (χ2n) is 10.1. The standard InChI is InChI=1S/C18H24N6O3.2C4H10/c19-14-2-1-13(7-21-14)18(27)24-11-17(26)23-10-16(25)22(9-15(23)24)8-12-3-5-20-6-4-12;1-4(2)3;1-3-4-2/h1-2,7,12,15,20H,3-6,8-11H2,(H2,19,21);4H,1-3H3;3-4H2,1-2H3. The molecule has 3 fully saturated rings. The highest BCUT2D eigenvalue weighted by molar-refractivity contribution is 5.99. The van der Waals surface area contributed by atoms with Crippen LogP contribution in [0, 0.1) is 11.8 Å². The Morgan fingerprint density at radius 3 is 2.26 bits per heavy atom. The van der Waals surface area contributed by atoms with Gasteiger partial charge in [0.25, 0.3) is 5.91 Å². The summed E-state index contributed by atoms with van der Waals surface area (Å²) in [5.74, 6) is 1.14. The molecule has 0 aliphatic carbocycles. The average Bonchev–Trinajstić information content (AvgIpc) is 3.15. The normalized spacial score (nSPS) is 20.2. The Hall–Kier alpha value is -2.68. The van der Waals surface area contributed by atoms with Gasteiger partial charge in [-0.3, -0.25) is 14.4 Å². The molecule has 196 valence electrons. The van der Waals surface area contributed by atoms with Crippen molar-refractivity contribution in [3.8, 4) is 0 Å². The lowest BCUT2D eigenvalue weighted by Crippen LogP contribution is -2.59. The molecular formula is C26H44N6O3. The zero-order valence-electron chi connectivity index (χ0n) is 22.1. The Morgan fingerprint density at radius 2 is 1.71 bits per heavy atom. The number of pyridine rings is 1. The maximum Gasteiger partial charge on any atom is 0.257 e. The lowest BCUT2D eigenvalue weighted by Gasteiger charge is -2.41. The molecule has 0 spiro atoms. The predicted molar refractivity (Wildman–Crippen MR) is 138 cm³/mol. The fourth-order valence-electron chi connectivity index (χ4n) is 4.07. The molecule has 3 N–H and O–H groups in total. The van der Waals surface area contributed by atoms with Crippen molar-refractivity contribution in [3.63, 3.8) is 0 Å². The number of piperazine rings is 1. The number of nitrogens with zero attached hydrogens (tertiary/aromatic N) is 4. The minimum Gasteiger partial charge on any atom is -0.384 e. The molecule has 1 atom stereocenters. The molecule has 35 heavy (non-hydrogen) atoms. The number of hydrogen-bond donors (Lipinski definition) is 2. The summed E-state index contributed by atoms with van der Waals surface area (Å²) in [7, 11) is 0. The number of nitrogens with one attached hydrogen (secondary N) is 1. The van der Waals surface area contributed by atoms with Crippen molar-refractivity contribution in [1.29, 1.82) is 0 Å². The second kappa shape index (κ2) is 14.0. The summed E-state index contributed by atoms with van der Waals surface area (Å²) >= 11 is 0. The molecule has 1 aromatic heterocycles. The number of anilines is 1. The Morgan fingerprint density at radius 1 is 1.09 bits per heavy atom. The van der Waals surface area contributed by atoms with Crippen molar-refractivity contribution in [2.24, 2.45) is 11.8 Å². The number of aromatic nitrogens is 1. The van der Waals surface area contributed by atoms with E-state index in [0.29, 0.717) is 30.4 Å². The number of carbonyl (C=O) groups excluding carboxylic acids is 3. The molecule has 1 unspecified atom stereocenters. The highest BCUT2D eigenvalue weighted by Crippen LogP contribution is 2.25. The van der Waals surface area contributed by atoms with Crippen LogP contribution in [0.25, 0.3) is 0 Å². The van der Waals surface area contributed by atoms with Gasteiger partial charge in [0.05, 0.1) is 12.1 Å². The van der Waals surface area contributed by atoms with Crippen LogP contribution >= 0.6 is 0 Å². The van der Waals surface area contributed by atoms with Crippen LogP contribution < -0.4 is 11.1 Å². The molecule has 3 aliphatic rings. The van der Waals surface area contributed by atoms with Crippen LogP contribution in [0.15, 0.2) is 18.3 Å².